The van der Waals surface area contributed by atoms with Crippen LogP contribution in [0.1, 0.15) is 10.4 Å². The van der Waals surface area contributed by atoms with Crippen LogP contribution in [0.4, 0.5) is 15.8 Å². The summed E-state index contributed by atoms with van der Waals surface area (Å²) >= 11 is 0. The minimum atomic E-state index is -0.529. The molecule has 0 aliphatic carbocycles. The largest absolute Gasteiger partial charge is 0.399 e. The van der Waals surface area contributed by atoms with Gasteiger partial charge in [-0.05, 0) is 30.3 Å². The number of halogens is 1. The molecule has 0 aliphatic heterocycles. The number of carbonyl (C=O) groups is 1. The first-order valence-electron chi connectivity index (χ1n) is 5.47. The van der Waals surface area contributed by atoms with E-state index >= 15 is 0 Å². The highest BCUT2D eigenvalue weighted by molar-refractivity contribution is 6.06. The molecule has 2 rings (SSSR count). The molecule has 0 atom stereocenters. The molecule has 0 fully saturated rings. The Labute approximate surface area is 105 Å². The molecular weight excluding hydrogens is 231 g/mol. The number of hydrogen-bond donors (Lipinski definition) is 1. The third-order valence-electron chi connectivity index (χ3n) is 2.67. The maximum atomic E-state index is 13.5. The van der Waals surface area contributed by atoms with E-state index in [0.29, 0.717) is 11.4 Å². The highest BCUT2D eigenvalue weighted by Gasteiger charge is 2.16. The number of hydrogen-bond acceptors (Lipinski definition) is 2. The van der Waals surface area contributed by atoms with Gasteiger partial charge in [0.1, 0.15) is 5.82 Å². The SMILES string of the molecule is CN(C(=O)c1ccccc1F)c1cccc(N)c1. The molecule has 2 aromatic rings. The van der Waals surface area contributed by atoms with E-state index in [4.69, 9.17) is 5.73 Å². The molecular formula is C14H13FN2O. The number of nitrogen functional groups attached to an aromatic ring is 1. The summed E-state index contributed by atoms with van der Waals surface area (Å²) in [5.74, 6) is -0.933. The molecule has 2 aromatic carbocycles. The average Bonchev–Trinajstić information content (AvgIpc) is 2.37. The van der Waals surface area contributed by atoms with E-state index in [1.807, 2.05) is 0 Å². The Morgan fingerprint density at radius 2 is 1.89 bits per heavy atom. The summed E-state index contributed by atoms with van der Waals surface area (Å²) in [6, 6.07) is 12.8. The Bertz CT molecular complexity index is 584. The summed E-state index contributed by atoms with van der Waals surface area (Å²) < 4.78 is 13.5. The van der Waals surface area contributed by atoms with E-state index in [1.165, 1.54) is 17.0 Å². The fraction of sp³-hybridized carbons (Fsp3) is 0.0714. The lowest BCUT2D eigenvalue weighted by molar-refractivity contribution is 0.0989. The molecule has 0 radical (unpaired) electrons. The molecule has 18 heavy (non-hydrogen) atoms. The van der Waals surface area contributed by atoms with Crippen LogP contribution >= 0.6 is 0 Å². The Morgan fingerprint density at radius 3 is 2.56 bits per heavy atom. The highest BCUT2D eigenvalue weighted by atomic mass is 19.1. The van der Waals surface area contributed by atoms with Crippen LogP contribution in [-0.4, -0.2) is 13.0 Å². The molecule has 0 bridgehead atoms. The van der Waals surface area contributed by atoms with Crippen molar-refractivity contribution >= 4 is 17.3 Å². The normalized spacial score (nSPS) is 10.1. The third kappa shape index (κ3) is 2.32. The molecule has 0 saturated heterocycles. The lowest BCUT2D eigenvalue weighted by atomic mass is 10.1. The summed E-state index contributed by atoms with van der Waals surface area (Å²) in [6.45, 7) is 0. The van der Waals surface area contributed by atoms with Crippen molar-refractivity contribution < 1.29 is 9.18 Å². The zero-order chi connectivity index (χ0) is 13.1. The van der Waals surface area contributed by atoms with Crippen LogP contribution in [-0.2, 0) is 0 Å². The molecule has 4 heteroatoms. The molecule has 0 saturated carbocycles. The van der Waals surface area contributed by atoms with Crippen LogP contribution in [0.2, 0.25) is 0 Å². The molecule has 3 nitrogen and oxygen atoms in total. The molecule has 92 valence electrons. The molecule has 0 aliphatic rings. The lowest BCUT2D eigenvalue weighted by Crippen LogP contribution is -2.27. The van der Waals surface area contributed by atoms with Crippen LogP contribution < -0.4 is 10.6 Å². The van der Waals surface area contributed by atoms with Gasteiger partial charge in [-0.2, -0.15) is 0 Å². The number of amides is 1. The van der Waals surface area contributed by atoms with Gasteiger partial charge >= 0.3 is 0 Å². The number of anilines is 2. The Kier molecular flexibility index (Phi) is 3.28. The highest BCUT2D eigenvalue weighted by Crippen LogP contribution is 2.19. The number of rotatable bonds is 2. The van der Waals surface area contributed by atoms with Crippen LogP contribution in [0.5, 0.6) is 0 Å². The fourth-order valence-corrected chi connectivity index (χ4v) is 1.67. The Morgan fingerprint density at radius 1 is 1.17 bits per heavy atom. The predicted molar refractivity (Wildman–Crippen MR) is 70.0 cm³/mol. The van der Waals surface area contributed by atoms with Gasteiger partial charge in [0, 0.05) is 18.4 Å². The first-order valence-corrected chi connectivity index (χ1v) is 5.47. The molecule has 0 heterocycles. The number of benzene rings is 2. The van der Waals surface area contributed by atoms with Crippen molar-refractivity contribution in [3.8, 4) is 0 Å². The number of carbonyl (C=O) groups excluding carboxylic acids is 1. The monoisotopic (exact) mass is 244 g/mol. The first-order chi connectivity index (χ1) is 8.59. The first kappa shape index (κ1) is 12.1. The van der Waals surface area contributed by atoms with Gasteiger partial charge in [0.25, 0.3) is 5.91 Å². The van der Waals surface area contributed by atoms with Crippen LogP contribution in [0, 0.1) is 5.82 Å². The van der Waals surface area contributed by atoms with E-state index < -0.39 is 11.7 Å². The minimum Gasteiger partial charge on any atom is -0.399 e. The van der Waals surface area contributed by atoms with Gasteiger partial charge in [0.2, 0.25) is 0 Å². The summed E-state index contributed by atoms with van der Waals surface area (Å²) in [7, 11) is 1.59. The fourth-order valence-electron chi connectivity index (χ4n) is 1.67. The third-order valence-corrected chi connectivity index (χ3v) is 2.67. The van der Waals surface area contributed by atoms with Crippen molar-refractivity contribution in [2.45, 2.75) is 0 Å². The quantitative estimate of drug-likeness (QED) is 0.825. The average molecular weight is 244 g/mol. The lowest BCUT2D eigenvalue weighted by Gasteiger charge is -2.18. The maximum Gasteiger partial charge on any atom is 0.260 e. The zero-order valence-electron chi connectivity index (χ0n) is 9.93. The van der Waals surface area contributed by atoms with Crippen molar-refractivity contribution in [2.75, 3.05) is 17.7 Å². The van der Waals surface area contributed by atoms with Gasteiger partial charge in [-0.1, -0.05) is 18.2 Å². The van der Waals surface area contributed by atoms with E-state index in [1.54, 1.807) is 43.4 Å². The number of nitrogens with two attached hydrogens (primary N) is 1. The Hall–Kier alpha value is -2.36. The van der Waals surface area contributed by atoms with E-state index in [2.05, 4.69) is 0 Å². The molecule has 1 amide bonds. The smallest absolute Gasteiger partial charge is 0.260 e. The molecule has 0 spiro atoms. The molecule has 0 unspecified atom stereocenters. The van der Waals surface area contributed by atoms with Crippen molar-refractivity contribution in [1.82, 2.24) is 0 Å². The second-order valence-electron chi connectivity index (χ2n) is 3.94. The second-order valence-corrected chi connectivity index (χ2v) is 3.94. The van der Waals surface area contributed by atoms with Crippen molar-refractivity contribution in [3.63, 3.8) is 0 Å². The van der Waals surface area contributed by atoms with E-state index in [-0.39, 0.29) is 5.56 Å². The van der Waals surface area contributed by atoms with E-state index in [9.17, 15) is 9.18 Å². The number of nitrogens with zero attached hydrogens (tertiary/aromatic N) is 1. The standard InChI is InChI=1S/C14H13FN2O/c1-17(11-6-4-5-10(16)9-11)14(18)12-7-2-3-8-13(12)15/h2-9H,16H2,1H3. The van der Waals surface area contributed by atoms with Crippen molar-refractivity contribution in [3.05, 3.63) is 59.9 Å². The molecule has 0 aromatic heterocycles. The second kappa shape index (κ2) is 4.87. The summed E-state index contributed by atoms with van der Waals surface area (Å²) in [6.07, 6.45) is 0. The summed E-state index contributed by atoms with van der Waals surface area (Å²) in [4.78, 5) is 13.5. The zero-order valence-corrected chi connectivity index (χ0v) is 9.93. The van der Waals surface area contributed by atoms with Crippen LogP contribution in [0.3, 0.4) is 0 Å². The predicted octanol–water partition coefficient (Wildman–Crippen LogP) is 2.68. The van der Waals surface area contributed by atoms with Crippen LogP contribution in [0.15, 0.2) is 48.5 Å². The van der Waals surface area contributed by atoms with Crippen molar-refractivity contribution in [1.29, 1.82) is 0 Å². The summed E-state index contributed by atoms with van der Waals surface area (Å²) in [5, 5.41) is 0. The van der Waals surface area contributed by atoms with Crippen LogP contribution in [0.25, 0.3) is 0 Å². The summed E-state index contributed by atoms with van der Waals surface area (Å²) in [5.41, 5.74) is 6.88. The van der Waals surface area contributed by atoms with Gasteiger partial charge in [-0.3, -0.25) is 4.79 Å². The minimum absolute atomic E-state index is 0.0439. The van der Waals surface area contributed by atoms with Gasteiger partial charge in [0.05, 0.1) is 5.56 Å². The molecule has 2 N–H and O–H groups in total. The van der Waals surface area contributed by atoms with E-state index in [0.717, 1.165) is 0 Å². The van der Waals surface area contributed by atoms with Crippen molar-refractivity contribution in [2.24, 2.45) is 0 Å². The topological polar surface area (TPSA) is 46.3 Å². The van der Waals surface area contributed by atoms with Gasteiger partial charge < -0.3 is 10.6 Å². The van der Waals surface area contributed by atoms with Gasteiger partial charge in [-0.15, -0.1) is 0 Å². The Balaban J connectivity index is 2.32. The van der Waals surface area contributed by atoms with Gasteiger partial charge in [0.15, 0.2) is 0 Å². The maximum absolute atomic E-state index is 13.5. The van der Waals surface area contributed by atoms with Gasteiger partial charge in [-0.25, -0.2) is 4.39 Å².